The monoisotopic (exact) mass is 190 g/mol. The summed E-state index contributed by atoms with van der Waals surface area (Å²) in [5.41, 5.74) is 1.26. The first-order valence-electron chi connectivity index (χ1n) is 5.19. The average molecular weight is 190 g/mol. The van der Waals surface area contributed by atoms with Crippen LogP contribution < -0.4 is 4.74 Å². The lowest BCUT2D eigenvalue weighted by molar-refractivity contribution is 0.407. The molecular formula is C13H18O. The Kier molecular flexibility index (Phi) is 4.24. The second-order valence-electron chi connectivity index (χ2n) is 3.35. The molecule has 1 nitrogen and oxygen atoms in total. The highest BCUT2D eigenvalue weighted by Gasteiger charge is 1.96. The molecule has 0 unspecified atom stereocenters. The molecule has 0 saturated heterocycles. The fourth-order valence-corrected chi connectivity index (χ4v) is 1.24. The van der Waals surface area contributed by atoms with E-state index in [-0.39, 0.29) is 0 Å². The van der Waals surface area contributed by atoms with Gasteiger partial charge in [-0.25, -0.2) is 0 Å². The number of hydrogen-bond donors (Lipinski definition) is 0. The van der Waals surface area contributed by atoms with Crippen molar-refractivity contribution in [3.8, 4) is 5.75 Å². The van der Waals surface area contributed by atoms with Gasteiger partial charge in [0.2, 0.25) is 0 Å². The van der Waals surface area contributed by atoms with Gasteiger partial charge in [-0.2, -0.15) is 0 Å². The fourth-order valence-electron chi connectivity index (χ4n) is 1.24. The predicted octanol–water partition coefficient (Wildman–Crippen LogP) is 4.08. The molecule has 1 rings (SSSR count). The van der Waals surface area contributed by atoms with Crippen molar-refractivity contribution >= 4 is 0 Å². The molecule has 0 aliphatic carbocycles. The molecule has 0 fully saturated rings. The maximum atomic E-state index is 5.72. The Labute approximate surface area is 86.4 Å². The van der Waals surface area contributed by atoms with Crippen molar-refractivity contribution in [3.05, 3.63) is 41.7 Å². The Bertz CT molecular complexity index is 296. The lowest BCUT2D eigenvalue weighted by Crippen LogP contribution is -1.93. The third-order valence-electron chi connectivity index (χ3n) is 2.05. The highest BCUT2D eigenvalue weighted by Crippen LogP contribution is 2.16. The molecule has 0 saturated carbocycles. The van der Waals surface area contributed by atoms with Gasteiger partial charge in [0.1, 0.15) is 5.75 Å². The van der Waals surface area contributed by atoms with E-state index in [1.807, 2.05) is 12.1 Å². The molecular weight excluding hydrogens is 172 g/mol. The predicted molar refractivity (Wildman–Crippen MR) is 60.5 cm³/mol. The van der Waals surface area contributed by atoms with E-state index in [4.69, 9.17) is 4.74 Å². The van der Waals surface area contributed by atoms with Crippen molar-refractivity contribution in [1.82, 2.24) is 0 Å². The van der Waals surface area contributed by atoms with Gasteiger partial charge in [0.25, 0.3) is 0 Å². The zero-order chi connectivity index (χ0) is 10.4. The summed E-state index contributed by atoms with van der Waals surface area (Å²) in [7, 11) is 0. The summed E-state index contributed by atoms with van der Waals surface area (Å²) >= 11 is 0. The number of allylic oxidation sites excluding steroid dienone is 2. The Balaban J connectivity index is 2.67. The third kappa shape index (κ3) is 3.25. The highest BCUT2D eigenvalue weighted by molar-refractivity contribution is 5.27. The minimum Gasteiger partial charge on any atom is -0.462 e. The largest absolute Gasteiger partial charge is 0.462 e. The number of ether oxygens (including phenoxy) is 1. The van der Waals surface area contributed by atoms with Crippen molar-refractivity contribution in [2.24, 2.45) is 0 Å². The second kappa shape index (κ2) is 5.48. The molecule has 0 aliphatic heterocycles. The van der Waals surface area contributed by atoms with E-state index in [0.717, 1.165) is 24.4 Å². The fraction of sp³-hybridized carbons (Fsp3) is 0.385. The van der Waals surface area contributed by atoms with Gasteiger partial charge in [-0.1, -0.05) is 31.5 Å². The maximum Gasteiger partial charge on any atom is 0.126 e. The Morgan fingerprint density at radius 2 is 1.86 bits per heavy atom. The van der Waals surface area contributed by atoms with E-state index < -0.39 is 0 Å². The van der Waals surface area contributed by atoms with E-state index >= 15 is 0 Å². The van der Waals surface area contributed by atoms with Gasteiger partial charge in [0.05, 0.1) is 5.76 Å². The van der Waals surface area contributed by atoms with E-state index in [1.54, 1.807) is 0 Å². The lowest BCUT2D eigenvalue weighted by Gasteiger charge is -2.08. The van der Waals surface area contributed by atoms with Crippen LogP contribution in [0, 0.1) is 6.92 Å². The Hall–Kier alpha value is -1.24. The smallest absolute Gasteiger partial charge is 0.126 e. The van der Waals surface area contributed by atoms with Crippen LogP contribution in [0.4, 0.5) is 0 Å². The molecule has 0 aliphatic rings. The standard InChI is InChI=1S/C13H18O/c1-4-6-12(5-2)14-13-9-7-11(3)8-10-13/h6-10H,4-5H2,1-3H3/b12-6+. The van der Waals surface area contributed by atoms with Gasteiger partial charge < -0.3 is 4.74 Å². The zero-order valence-electron chi connectivity index (χ0n) is 9.21. The van der Waals surface area contributed by atoms with E-state index in [2.05, 4.69) is 39.0 Å². The average Bonchev–Trinajstić information content (AvgIpc) is 2.20. The normalized spacial score (nSPS) is 11.5. The second-order valence-corrected chi connectivity index (χ2v) is 3.35. The third-order valence-corrected chi connectivity index (χ3v) is 2.05. The van der Waals surface area contributed by atoms with Crippen molar-refractivity contribution in [1.29, 1.82) is 0 Å². The summed E-state index contributed by atoms with van der Waals surface area (Å²) in [6.07, 6.45) is 4.09. The van der Waals surface area contributed by atoms with E-state index in [1.165, 1.54) is 5.56 Å². The molecule has 0 aromatic heterocycles. The summed E-state index contributed by atoms with van der Waals surface area (Å²) < 4.78 is 5.72. The van der Waals surface area contributed by atoms with Gasteiger partial charge >= 0.3 is 0 Å². The van der Waals surface area contributed by atoms with Crippen LogP contribution in [0.3, 0.4) is 0 Å². The number of aryl methyl sites for hydroxylation is 1. The molecule has 0 atom stereocenters. The highest BCUT2D eigenvalue weighted by atomic mass is 16.5. The van der Waals surface area contributed by atoms with Crippen molar-refractivity contribution in [2.45, 2.75) is 33.6 Å². The van der Waals surface area contributed by atoms with Crippen molar-refractivity contribution < 1.29 is 4.74 Å². The maximum absolute atomic E-state index is 5.72. The van der Waals surface area contributed by atoms with Gasteiger partial charge in [0.15, 0.2) is 0 Å². The van der Waals surface area contributed by atoms with Crippen LogP contribution in [0.25, 0.3) is 0 Å². The quantitative estimate of drug-likeness (QED) is 0.650. The molecule has 1 aromatic carbocycles. The first-order valence-corrected chi connectivity index (χ1v) is 5.19. The number of benzene rings is 1. The molecule has 0 spiro atoms. The van der Waals surface area contributed by atoms with E-state index in [0.29, 0.717) is 0 Å². The summed E-state index contributed by atoms with van der Waals surface area (Å²) in [6.45, 7) is 6.30. The molecule has 76 valence electrons. The van der Waals surface area contributed by atoms with Crippen LogP contribution in [0.5, 0.6) is 5.75 Å². The van der Waals surface area contributed by atoms with Crippen molar-refractivity contribution in [2.75, 3.05) is 0 Å². The first kappa shape index (κ1) is 10.8. The van der Waals surface area contributed by atoms with Crippen LogP contribution in [0.15, 0.2) is 36.1 Å². The van der Waals surface area contributed by atoms with Gasteiger partial charge in [-0.05, 0) is 31.6 Å². The van der Waals surface area contributed by atoms with Gasteiger partial charge in [-0.15, -0.1) is 0 Å². The van der Waals surface area contributed by atoms with Crippen molar-refractivity contribution in [3.63, 3.8) is 0 Å². The first-order chi connectivity index (χ1) is 6.76. The minimum atomic E-state index is 0.928. The number of hydrogen-bond acceptors (Lipinski definition) is 1. The minimum absolute atomic E-state index is 0.928. The van der Waals surface area contributed by atoms with Crippen LogP contribution >= 0.6 is 0 Å². The summed E-state index contributed by atoms with van der Waals surface area (Å²) in [5.74, 6) is 1.98. The molecule has 1 heteroatoms. The summed E-state index contributed by atoms with van der Waals surface area (Å²) in [6, 6.07) is 8.14. The Morgan fingerprint density at radius 3 is 2.36 bits per heavy atom. The molecule has 0 bridgehead atoms. The summed E-state index contributed by atoms with van der Waals surface area (Å²) in [5, 5.41) is 0. The van der Waals surface area contributed by atoms with Crippen LogP contribution in [0.2, 0.25) is 0 Å². The van der Waals surface area contributed by atoms with Gasteiger partial charge in [0, 0.05) is 6.42 Å². The zero-order valence-corrected chi connectivity index (χ0v) is 9.21. The Morgan fingerprint density at radius 1 is 1.21 bits per heavy atom. The summed E-state index contributed by atoms with van der Waals surface area (Å²) in [4.78, 5) is 0. The van der Waals surface area contributed by atoms with Crippen LogP contribution in [-0.2, 0) is 0 Å². The topological polar surface area (TPSA) is 9.23 Å². The molecule has 0 radical (unpaired) electrons. The molecule has 0 heterocycles. The number of rotatable bonds is 4. The van der Waals surface area contributed by atoms with Crippen LogP contribution in [-0.4, -0.2) is 0 Å². The molecule has 1 aromatic rings. The SMILES string of the molecule is CC/C=C(\CC)Oc1ccc(C)cc1. The lowest BCUT2D eigenvalue weighted by atomic mass is 10.2. The molecule has 14 heavy (non-hydrogen) atoms. The molecule has 0 amide bonds. The van der Waals surface area contributed by atoms with E-state index in [9.17, 15) is 0 Å². The van der Waals surface area contributed by atoms with Gasteiger partial charge in [-0.3, -0.25) is 0 Å². The molecule has 0 N–H and O–H groups in total. The van der Waals surface area contributed by atoms with Crippen LogP contribution in [0.1, 0.15) is 32.3 Å².